The van der Waals surface area contributed by atoms with Crippen LogP contribution < -0.4 is 4.74 Å². The van der Waals surface area contributed by atoms with Gasteiger partial charge in [-0.1, -0.05) is 60.3 Å². The Balaban J connectivity index is 1.98. The van der Waals surface area contributed by atoms with E-state index in [9.17, 15) is 24.5 Å². The Morgan fingerprint density at radius 2 is 1.44 bits per heavy atom. The van der Waals surface area contributed by atoms with Gasteiger partial charge in [-0.15, -0.1) is 0 Å². The third-order valence-corrected chi connectivity index (χ3v) is 6.48. The fraction of sp³-hybridized carbons (Fsp3) is 0.250. The van der Waals surface area contributed by atoms with Gasteiger partial charge in [0.15, 0.2) is 0 Å². The van der Waals surface area contributed by atoms with Crippen LogP contribution in [0.4, 0.5) is 5.69 Å². The van der Waals surface area contributed by atoms with Crippen molar-refractivity contribution in [3.8, 4) is 5.75 Å². The van der Waals surface area contributed by atoms with E-state index < -0.39 is 28.7 Å². The van der Waals surface area contributed by atoms with Gasteiger partial charge < -0.3 is 4.74 Å². The lowest BCUT2D eigenvalue weighted by molar-refractivity contribution is -0.384. The first-order valence-corrected chi connectivity index (χ1v) is 10.7. The molecule has 2 aromatic carbocycles. The molecule has 0 N–H and O–H groups in total. The highest BCUT2D eigenvalue weighted by atomic mass is 35.5. The Morgan fingerprint density at radius 3 is 1.84 bits per heavy atom. The van der Waals surface area contributed by atoms with Crippen molar-refractivity contribution in [2.24, 2.45) is 5.92 Å². The molecule has 2 amide bonds. The Bertz CT molecular complexity index is 1100. The van der Waals surface area contributed by atoms with Gasteiger partial charge in [0, 0.05) is 12.1 Å². The van der Waals surface area contributed by atoms with Crippen molar-refractivity contribution >= 4 is 69.9 Å². The van der Waals surface area contributed by atoms with Crippen molar-refractivity contribution < 1.29 is 24.0 Å². The summed E-state index contributed by atoms with van der Waals surface area (Å²) in [6.45, 7) is 3.58. The first-order chi connectivity index (χ1) is 15.0. The van der Waals surface area contributed by atoms with Crippen molar-refractivity contribution in [1.82, 2.24) is 4.90 Å². The molecule has 1 heterocycles. The van der Waals surface area contributed by atoms with Crippen LogP contribution in [0.15, 0.2) is 24.3 Å². The number of esters is 1. The van der Waals surface area contributed by atoms with E-state index in [0.717, 1.165) is 17.0 Å². The number of non-ortho nitro benzene ring substituents is 1. The van der Waals surface area contributed by atoms with E-state index in [1.807, 2.05) is 0 Å². The van der Waals surface area contributed by atoms with Crippen LogP contribution in [0.1, 0.15) is 41.0 Å². The predicted molar refractivity (Wildman–Crippen MR) is 119 cm³/mol. The topological polar surface area (TPSA) is 107 Å². The Kier molecular flexibility index (Phi) is 7.00. The van der Waals surface area contributed by atoms with Crippen molar-refractivity contribution in [3.05, 3.63) is 65.6 Å². The van der Waals surface area contributed by atoms with Crippen LogP contribution in [0.5, 0.6) is 5.75 Å². The second-order valence-electron chi connectivity index (χ2n) is 7.30. The molecule has 168 valence electrons. The summed E-state index contributed by atoms with van der Waals surface area (Å²) in [5, 5.41) is 9.93. The molecule has 0 aliphatic carbocycles. The van der Waals surface area contributed by atoms with E-state index in [-0.39, 0.29) is 55.0 Å². The predicted octanol–water partition coefficient (Wildman–Crippen LogP) is 5.82. The number of nitro benzene ring substituents is 1. The van der Waals surface area contributed by atoms with E-state index in [1.165, 1.54) is 12.1 Å². The molecule has 2 aromatic rings. The molecule has 1 aliphatic heterocycles. The zero-order valence-corrected chi connectivity index (χ0v) is 19.6. The second kappa shape index (κ2) is 9.23. The van der Waals surface area contributed by atoms with E-state index >= 15 is 0 Å². The Labute approximate surface area is 202 Å². The van der Waals surface area contributed by atoms with Crippen LogP contribution >= 0.6 is 46.4 Å². The standard InChI is InChI=1S/C20H14Cl4N2O6/c1-8(2)7-11(20(29)32-10-5-3-9(4-6-10)26(30)31)25-18(27)12-13(19(25)28)15(22)17(24)16(23)14(12)21/h3-6,8,11H,7H2,1-2H3/t11-/m1/s1. The normalized spacial score (nSPS) is 14.0. The number of fused-ring (bicyclic) bond motifs is 1. The molecule has 32 heavy (non-hydrogen) atoms. The lowest BCUT2D eigenvalue weighted by atomic mass is 10.0. The van der Waals surface area contributed by atoms with Gasteiger partial charge >= 0.3 is 5.97 Å². The van der Waals surface area contributed by atoms with Gasteiger partial charge in [0.2, 0.25) is 0 Å². The number of rotatable bonds is 6. The lowest BCUT2D eigenvalue weighted by Crippen LogP contribution is -2.47. The lowest BCUT2D eigenvalue weighted by Gasteiger charge is -2.25. The SMILES string of the molecule is CC(C)C[C@H](C(=O)Oc1ccc([N+](=O)[O-])cc1)N1C(=O)c2c(Cl)c(Cl)c(Cl)c(Cl)c2C1=O. The first-order valence-electron chi connectivity index (χ1n) is 9.15. The minimum absolute atomic E-state index is 0.00752. The highest BCUT2D eigenvalue weighted by Gasteiger charge is 2.47. The molecule has 0 bridgehead atoms. The summed E-state index contributed by atoms with van der Waals surface area (Å²) in [4.78, 5) is 50.1. The summed E-state index contributed by atoms with van der Waals surface area (Å²) in [6.07, 6.45) is 0.0774. The number of nitro groups is 1. The quantitative estimate of drug-likeness (QED) is 0.0904. The minimum atomic E-state index is -1.32. The molecular formula is C20H14Cl4N2O6. The minimum Gasteiger partial charge on any atom is -0.425 e. The van der Waals surface area contributed by atoms with Crippen LogP contribution in [0.2, 0.25) is 20.1 Å². The number of hydrogen-bond donors (Lipinski definition) is 0. The molecule has 1 aliphatic rings. The Hall–Kier alpha value is -2.39. The maximum absolute atomic E-state index is 13.1. The van der Waals surface area contributed by atoms with Gasteiger partial charge in [-0.3, -0.25) is 24.6 Å². The molecule has 8 nitrogen and oxygen atoms in total. The smallest absolute Gasteiger partial charge is 0.334 e. The summed E-state index contributed by atoms with van der Waals surface area (Å²) in [5.41, 5.74) is -0.678. The molecule has 0 saturated carbocycles. The van der Waals surface area contributed by atoms with Gasteiger partial charge in [0.05, 0.1) is 36.1 Å². The van der Waals surface area contributed by atoms with Crippen LogP contribution in [-0.2, 0) is 4.79 Å². The molecule has 1 atom stereocenters. The third-order valence-electron chi connectivity index (χ3n) is 4.68. The average molecular weight is 520 g/mol. The van der Waals surface area contributed by atoms with E-state index in [1.54, 1.807) is 13.8 Å². The highest BCUT2D eigenvalue weighted by molar-refractivity contribution is 6.55. The number of carbonyl (C=O) groups is 3. The zero-order chi connectivity index (χ0) is 23.9. The van der Waals surface area contributed by atoms with Crippen molar-refractivity contribution in [3.63, 3.8) is 0 Å². The maximum atomic E-state index is 13.1. The first kappa shape index (κ1) is 24.3. The van der Waals surface area contributed by atoms with Gasteiger partial charge in [-0.2, -0.15) is 0 Å². The summed E-state index contributed by atoms with van der Waals surface area (Å²) in [6, 6.07) is 3.47. The zero-order valence-electron chi connectivity index (χ0n) is 16.5. The second-order valence-corrected chi connectivity index (χ2v) is 8.82. The molecule has 3 rings (SSSR count). The number of ether oxygens (including phenoxy) is 1. The van der Waals surface area contributed by atoms with Gasteiger partial charge in [-0.25, -0.2) is 4.79 Å². The number of carbonyl (C=O) groups excluding carboxylic acids is 3. The van der Waals surface area contributed by atoms with Crippen molar-refractivity contribution in [2.45, 2.75) is 26.3 Å². The van der Waals surface area contributed by atoms with Crippen LogP contribution in [0.3, 0.4) is 0 Å². The molecule has 12 heteroatoms. The largest absolute Gasteiger partial charge is 0.425 e. The van der Waals surface area contributed by atoms with E-state index in [0.29, 0.717) is 0 Å². The fourth-order valence-corrected chi connectivity index (χ4v) is 4.24. The van der Waals surface area contributed by atoms with Gasteiger partial charge in [0.25, 0.3) is 17.5 Å². The molecular weight excluding hydrogens is 506 g/mol. The third kappa shape index (κ3) is 4.28. The number of hydrogen-bond acceptors (Lipinski definition) is 6. The van der Waals surface area contributed by atoms with Crippen LogP contribution in [-0.4, -0.2) is 33.6 Å². The monoisotopic (exact) mass is 518 g/mol. The summed E-state index contributed by atoms with van der Waals surface area (Å²) in [7, 11) is 0. The summed E-state index contributed by atoms with van der Waals surface area (Å²) in [5.74, 6) is -2.74. The molecule has 0 saturated heterocycles. The van der Waals surface area contributed by atoms with Gasteiger partial charge in [0.1, 0.15) is 11.8 Å². The molecule has 0 unspecified atom stereocenters. The Morgan fingerprint density at radius 1 is 0.969 bits per heavy atom. The van der Waals surface area contributed by atoms with Crippen LogP contribution in [0, 0.1) is 16.0 Å². The number of nitrogens with zero attached hydrogens (tertiary/aromatic N) is 2. The van der Waals surface area contributed by atoms with Crippen molar-refractivity contribution in [2.75, 3.05) is 0 Å². The highest BCUT2D eigenvalue weighted by Crippen LogP contribution is 2.45. The van der Waals surface area contributed by atoms with Crippen LogP contribution in [0.25, 0.3) is 0 Å². The molecule has 0 radical (unpaired) electrons. The van der Waals surface area contributed by atoms with E-state index in [4.69, 9.17) is 51.1 Å². The summed E-state index contributed by atoms with van der Waals surface area (Å²) < 4.78 is 5.30. The average Bonchev–Trinajstić information content (AvgIpc) is 2.99. The van der Waals surface area contributed by atoms with Crippen molar-refractivity contribution in [1.29, 1.82) is 0 Å². The maximum Gasteiger partial charge on any atom is 0.334 e. The number of benzene rings is 2. The number of amides is 2. The molecule has 0 fully saturated rings. The molecule has 0 spiro atoms. The number of imide groups is 1. The summed E-state index contributed by atoms with van der Waals surface area (Å²) >= 11 is 24.4. The fourth-order valence-electron chi connectivity index (χ4n) is 3.22. The molecule has 0 aromatic heterocycles. The van der Waals surface area contributed by atoms with E-state index in [2.05, 4.69) is 0 Å². The number of halogens is 4. The van der Waals surface area contributed by atoms with Gasteiger partial charge in [-0.05, 0) is 24.5 Å².